The summed E-state index contributed by atoms with van der Waals surface area (Å²) in [5.74, 6) is 0.744. The first kappa shape index (κ1) is 25.4. The number of carbonyl (C=O) groups excluding carboxylic acids is 1. The fraction of sp³-hybridized carbons (Fsp3) is 0.269. The van der Waals surface area contributed by atoms with Gasteiger partial charge >= 0.3 is 6.18 Å². The van der Waals surface area contributed by atoms with Crippen LogP contribution in [0.2, 0.25) is 0 Å². The zero-order valence-corrected chi connectivity index (χ0v) is 20.8. The Morgan fingerprint density at radius 2 is 1.65 bits per heavy atom. The van der Waals surface area contributed by atoms with Gasteiger partial charge in [0.2, 0.25) is 12.7 Å². The zero-order valence-electron chi connectivity index (χ0n) is 20.0. The molecule has 3 aromatic carbocycles. The highest BCUT2D eigenvalue weighted by atomic mass is 32.3. The molecule has 3 N–H and O–H groups in total. The van der Waals surface area contributed by atoms with Gasteiger partial charge in [-0.1, -0.05) is 24.3 Å². The predicted octanol–water partition coefficient (Wildman–Crippen LogP) is 6.36. The molecule has 1 fully saturated rings. The summed E-state index contributed by atoms with van der Waals surface area (Å²) in [6, 6.07) is 14.5. The molecule has 2 aliphatic rings. The van der Waals surface area contributed by atoms with Crippen molar-refractivity contribution in [3.8, 4) is 22.6 Å². The third-order valence-electron chi connectivity index (χ3n) is 6.68. The van der Waals surface area contributed by atoms with Crippen LogP contribution in [0.25, 0.3) is 11.1 Å². The van der Waals surface area contributed by atoms with Crippen molar-refractivity contribution in [3.63, 3.8) is 0 Å². The van der Waals surface area contributed by atoms with Gasteiger partial charge in [0.15, 0.2) is 11.5 Å². The minimum atomic E-state index is -4.68. The minimum absolute atomic E-state index is 0.0338. The van der Waals surface area contributed by atoms with E-state index in [4.69, 9.17) is 9.47 Å². The molecule has 0 aromatic heterocycles. The number of benzene rings is 3. The van der Waals surface area contributed by atoms with E-state index in [9.17, 15) is 27.1 Å². The Morgan fingerprint density at radius 3 is 2.27 bits per heavy atom. The molecule has 0 atom stereocenters. The van der Waals surface area contributed by atoms with E-state index in [0.29, 0.717) is 24.3 Å². The number of nitrogens with zero attached hydrogens (tertiary/aromatic N) is 1. The summed E-state index contributed by atoms with van der Waals surface area (Å²) in [5.41, 5.74) is -0.816. The number of ether oxygens (including phenoxy) is 2. The molecule has 7 nitrogen and oxygen atoms in total. The van der Waals surface area contributed by atoms with Crippen molar-refractivity contribution >= 4 is 22.4 Å². The van der Waals surface area contributed by atoms with E-state index < -0.39 is 27.9 Å². The van der Waals surface area contributed by atoms with Crippen LogP contribution in [0.15, 0.2) is 65.6 Å². The summed E-state index contributed by atoms with van der Waals surface area (Å²) in [4.78, 5) is 13.4. The van der Waals surface area contributed by atoms with Crippen molar-refractivity contribution < 1.29 is 36.5 Å². The first-order valence-corrected chi connectivity index (χ1v) is 12.9. The molecular formula is C26H25F3N2O5S. The van der Waals surface area contributed by atoms with Crippen molar-refractivity contribution in [1.82, 2.24) is 4.31 Å². The van der Waals surface area contributed by atoms with Gasteiger partial charge < -0.3 is 14.8 Å². The molecule has 3 aromatic rings. The molecule has 37 heavy (non-hydrogen) atoms. The lowest BCUT2D eigenvalue weighted by Gasteiger charge is -2.38. The summed E-state index contributed by atoms with van der Waals surface area (Å²) in [5, 5.41) is 2.66. The quantitative estimate of drug-likeness (QED) is 0.341. The maximum Gasteiger partial charge on any atom is 0.417 e. The first-order chi connectivity index (χ1) is 17.4. The Morgan fingerprint density at radius 1 is 0.973 bits per heavy atom. The lowest BCUT2D eigenvalue weighted by molar-refractivity contribution is -0.137. The number of hydrogen-bond acceptors (Lipinski definition) is 6. The highest BCUT2D eigenvalue weighted by molar-refractivity contribution is 8.22. The van der Waals surface area contributed by atoms with Crippen LogP contribution in [0.4, 0.5) is 18.9 Å². The topological polar surface area (TPSA) is 91.3 Å². The molecule has 0 spiro atoms. The van der Waals surface area contributed by atoms with Crippen molar-refractivity contribution in [3.05, 3.63) is 71.8 Å². The third-order valence-corrected chi connectivity index (χ3v) is 8.61. The smallest absolute Gasteiger partial charge is 0.417 e. The number of carbonyl (C=O) groups is 1. The predicted molar refractivity (Wildman–Crippen MR) is 134 cm³/mol. The fourth-order valence-corrected chi connectivity index (χ4v) is 5.28. The Hall–Kier alpha value is -3.25. The number of nitrogens with one attached hydrogen (secondary N) is 1. The van der Waals surface area contributed by atoms with E-state index in [0.717, 1.165) is 11.6 Å². The van der Waals surface area contributed by atoms with Gasteiger partial charge in [0.05, 0.1) is 15.9 Å². The first-order valence-electron chi connectivity index (χ1n) is 11.4. The summed E-state index contributed by atoms with van der Waals surface area (Å²) in [6.45, 7) is 0.102. The summed E-state index contributed by atoms with van der Waals surface area (Å²) >= 11 is 0. The largest absolute Gasteiger partial charge is 0.454 e. The van der Waals surface area contributed by atoms with Gasteiger partial charge in [0, 0.05) is 19.8 Å². The van der Waals surface area contributed by atoms with Gasteiger partial charge in [0.25, 0.3) is 0 Å². The second kappa shape index (κ2) is 8.95. The number of fused-ring (bicyclic) bond motifs is 1. The Kier molecular flexibility index (Phi) is 6.14. The maximum absolute atomic E-state index is 14.0. The van der Waals surface area contributed by atoms with Crippen LogP contribution in [0.1, 0.15) is 24.0 Å². The van der Waals surface area contributed by atoms with Crippen molar-refractivity contribution in [2.45, 2.75) is 29.3 Å². The van der Waals surface area contributed by atoms with Crippen LogP contribution in [0, 0.1) is 0 Å². The molecular weight excluding hydrogens is 509 g/mol. The van der Waals surface area contributed by atoms with Gasteiger partial charge in [-0.25, -0.2) is 4.31 Å². The molecule has 1 aliphatic carbocycles. The fourth-order valence-electron chi connectivity index (χ4n) is 4.35. The number of amides is 1. The number of halogens is 3. The molecule has 0 radical (unpaired) electrons. The molecule has 11 heteroatoms. The number of alkyl halides is 3. The minimum Gasteiger partial charge on any atom is -0.454 e. The summed E-state index contributed by atoms with van der Waals surface area (Å²) in [6.07, 6.45) is -3.54. The molecule has 1 saturated carbocycles. The van der Waals surface area contributed by atoms with Crippen molar-refractivity contribution in [2.75, 3.05) is 26.2 Å². The molecule has 196 valence electrons. The van der Waals surface area contributed by atoms with Crippen LogP contribution >= 0.6 is 10.8 Å². The maximum atomic E-state index is 14.0. The van der Waals surface area contributed by atoms with E-state index >= 15 is 0 Å². The van der Waals surface area contributed by atoms with Crippen molar-refractivity contribution in [1.29, 1.82) is 0 Å². The van der Waals surface area contributed by atoms with Gasteiger partial charge in [0.1, 0.15) is 0 Å². The lowest BCUT2D eigenvalue weighted by Crippen LogP contribution is -2.28. The van der Waals surface area contributed by atoms with Crippen LogP contribution in [-0.2, 0) is 16.4 Å². The Balaban J connectivity index is 1.42. The highest BCUT2D eigenvalue weighted by Crippen LogP contribution is 2.52. The SMILES string of the molecule is CN(C)S(O)(O)c1ccc(-c2ccc(NC(=O)C3(c4ccc5c(c4)OCO5)CC3)cc2C(F)(F)F)cc1. The number of hydrogen-bond donors (Lipinski definition) is 3. The Bertz CT molecular complexity index is 1360. The zero-order chi connectivity index (χ0) is 26.6. The molecule has 0 saturated heterocycles. The molecule has 1 heterocycles. The normalized spacial score (nSPS) is 16.5. The Labute approximate surface area is 213 Å². The summed E-state index contributed by atoms with van der Waals surface area (Å²) < 4.78 is 74.6. The van der Waals surface area contributed by atoms with Crippen LogP contribution < -0.4 is 14.8 Å². The van der Waals surface area contributed by atoms with E-state index in [1.54, 1.807) is 18.2 Å². The lowest BCUT2D eigenvalue weighted by atomic mass is 9.94. The van der Waals surface area contributed by atoms with Crippen molar-refractivity contribution in [2.24, 2.45) is 0 Å². The van der Waals surface area contributed by atoms with Crippen LogP contribution in [0.3, 0.4) is 0 Å². The molecule has 0 bridgehead atoms. The molecule has 1 amide bonds. The molecule has 1 aliphatic heterocycles. The van der Waals surface area contributed by atoms with E-state index in [1.807, 2.05) is 0 Å². The van der Waals surface area contributed by atoms with E-state index in [-0.39, 0.29) is 34.4 Å². The third kappa shape index (κ3) is 4.63. The van der Waals surface area contributed by atoms with Gasteiger partial charge in [-0.3, -0.25) is 13.9 Å². The highest BCUT2D eigenvalue weighted by Gasteiger charge is 2.51. The van der Waals surface area contributed by atoms with Gasteiger partial charge in [-0.2, -0.15) is 13.2 Å². The van der Waals surface area contributed by atoms with E-state index in [2.05, 4.69) is 5.32 Å². The average Bonchev–Trinajstić information content (AvgIpc) is 3.54. The van der Waals surface area contributed by atoms with Gasteiger partial charge in [-0.15, -0.1) is 10.8 Å². The van der Waals surface area contributed by atoms with Crippen LogP contribution in [-0.4, -0.2) is 40.2 Å². The monoisotopic (exact) mass is 534 g/mol. The number of anilines is 1. The van der Waals surface area contributed by atoms with E-state index in [1.165, 1.54) is 54.8 Å². The molecule has 0 unspecified atom stereocenters. The summed E-state index contributed by atoms with van der Waals surface area (Å²) in [7, 11) is -0.228. The van der Waals surface area contributed by atoms with Gasteiger partial charge in [-0.05, 0) is 65.9 Å². The second-order valence-corrected chi connectivity index (χ2v) is 11.5. The molecule has 5 rings (SSSR count). The number of rotatable bonds is 6. The average molecular weight is 535 g/mol. The standard InChI is InChI=1S/C26H25F3N2O5S/c1-31(2)37(33,34)19-7-3-16(4-8-19)20-9-6-18(14-21(20)26(27,28)29)30-24(32)25(11-12-25)17-5-10-22-23(13-17)36-15-35-22/h3-10,13-14,33-34H,11-12,15H2,1-2H3,(H,30,32). The van der Waals surface area contributed by atoms with Crippen LogP contribution in [0.5, 0.6) is 11.5 Å². The second-order valence-electron chi connectivity index (χ2n) is 9.22.